The van der Waals surface area contributed by atoms with Crippen molar-refractivity contribution in [3.05, 3.63) is 59.4 Å². The maximum Gasteiger partial charge on any atom is 0.262 e. The smallest absolute Gasteiger partial charge is 0.262 e. The van der Waals surface area contributed by atoms with Gasteiger partial charge in [0.1, 0.15) is 11.9 Å². The Morgan fingerprint density at radius 1 is 1.03 bits per heavy atom. The first-order valence-corrected chi connectivity index (χ1v) is 10.3. The number of benzene rings is 2. The van der Waals surface area contributed by atoms with Crippen LogP contribution in [-0.4, -0.2) is 38.2 Å². The molecule has 2 aliphatic rings. The normalized spacial score (nSPS) is 16.9. The Morgan fingerprint density at radius 3 is 2.50 bits per heavy atom. The predicted molar refractivity (Wildman–Crippen MR) is 112 cm³/mol. The molecule has 7 heteroatoms. The van der Waals surface area contributed by atoms with Gasteiger partial charge in [-0.3, -0.25) is 19.3 Å². The van der Waals surface area contributed by atoms with Gasteiger partial charge in [-0.1, -0.05) is 18.6 Å². The standard InChI is InChI=1S/C23H22N4O3/c1-14(27-22(29)16-7-4-5-8-17(16)23(27)30)21(28)24-15-10-11-19-18(13-15)25-20-9-3-2-6-12-26(19)20/h4-5,7-8,10-11,13-14H,2-3,6,9,12H2,1H3,(H,24,28). The van der Waals surface area contributed by atoms with E-state index in [1.807, 2.05) is 18.2 Å². The van der Waals surface area contributed by atoms with Crippen molar-refractivity contribution in [1.29, 1.82) is 0 Å². The number of imide groups is 1. The van der Waals surface area contributed by atoms with Crippen molar-refractivity contribution in [3.63, 3.8) is 0 Å². The van der Waals surface area contributed by atoms with E-state index in [-0.39, 0.29) is 0 Å². The number of amides is 3. The molecule has 1 atom stereocenters. The number of aromatic nitrogens is 2. The summed E-state index contributed by atoms with van der Waals surface area (Å²) in [5, 5.41) is 2.84. The summed E-state index contributed by atoms with van der Waals surface area (Å²) in [4.78, 5) is 43.9. The molecule has 3 heterocycles. The summed E-state index contributed by atoms with van der Waals surface area (Å²) in [5.74, 6) is -0.201. The van der Waals surface area contributed by atoms with Crippen molar-refractivity contribution >= 4 is 34.4 Å². The van der Waals surface area contributed by atoms with Gasteiger partial charge in [-0.25, -0.2) is 4.98 Å². The van der Waals surface area contributed by atoms with Crippen LogP contribution >= 0.6 is 0 Å². The fraction of sp³-hybridized carbons (Fsp3) is 0.304. The molecule has 152 valence electrons. The molecule has 0 radical (unpaired) electrons. The van der Waals surface area contributed by atoms with Gasteiger partial charge in [0.15, 0.2) is 0 Å². The lowest BCUT2D eigenvalue weighted by Crippen LogP contribution is -2.45. The van der Waals surface area contributed by atoms with E-state index in [1.54, 1.807) is 31.2 Å². The number of fused-ring (bicyclic) bond motifs is 4. The quantitative estimate of drug-likeness (QED) is 0.681. The number of rotatable bonds is 3. The van der Waals surface area contributed by atoms with Crippen molar-refractivity contribution < 1.29 is 14.4 Å². The number of hydrogen-bond donors (Lipinski definition) is 1. The lowest BCUT2D eigenvalue weighted by Gasteiger charge is -2.21. The number of hydrogen-bond acceptors (Lipinski definition) is 4. The first-order chi connectivity index (χ1) is 14.5. The van der Waals surface area contributed by atoms with E-state index in [9.17, 15) is 14.4 Å². The molecule has 3 aromatic rings. The topological polar surface area (TPSA) is 84.3 Å². The Hall–Kier alpha value is -3.48. The minimum absolute atomic E-state index is 0.336. The van der Waals surface area contributed by atoms with Crippen molar-refractivity contribution in [3.8, 4) is 0 Å². The lowest BCUT2D eigenvalue weighted by molar-refractivity contribution is -0.119. The molecular weight excluding hydrogens is 380 g/mol. The van der Waals surface area contributed by atoms with Gasteiger partial charge in [0.05, 0.1) is 22.2 Å². The van der Waals surface area contributed by atoms with Gasteiger partial charge in [0, 0.05) is 18.7 Å². The van der Waals surface area contributed by atoms with E-state index in [0.717, 1.165) is 47.6 Å². The van der Waals surface area contributed by atoms with E-state index in [1.165, 1.54) is 6.42 Å². The molecule has 3 amide bonds. The van der Waals surface area contributed by atoms with E-state index >= 15 is 0 Å². The molecule has 0 saturated heterocycles. The van der Waals surface area contributed by atoms with Gasteiger partial charge in [-0.15, -0.1) is 0 Å². The van der Waals surface area contributed by atoms with Gasteiger partial charge >= 0.3 is 0 Å². The Bertz CT molecular complexity index is 1160. The maximum atomic E-state index is 12.8. The second-order valence-electron chi connectivity index (χ2n) is 7.88. The molecule has 5 rings (SSSR count). The van der Waals surface area contributed by atoms with Crippen LogP contribution in [0.3, 0.4) is 0 Å². The van der Waals surface area contributed by atoms with Gasteiger partial charge in [-0.2, -0.15) is 0 Å². The number of anilines is 1. The molecule has 2 aliphatic heterocycles. The third kappa shape index (κ3) is 2.89. The molecular formula is C23H22N4O3. The average molecular weight is 402 g/mol. The van der Waals surface area contributed by atoms with Crippen LogP contribution in [0.15, 0.2) is 42.5 Å². The monoisotopic (exact) mass is 402 g/mol. The van der Waals surface area contributed by atoms with Crippen LogP contribution in [0.4, 0.5) is 5.69 Å². The number of imidazole rings is 1. The highest BCUT2D eigenvalue weighted by atomic mass is 16.2. The zero-order valence-corrected chi connectivity index (χ0v) is 16.7. The fourth-order valence-electron chi connectivity index (χ4n) is 4.35. The molecule has 0 fully saturated rings. The molecule has 0 saturated carbocycles. The van der Waals surface area contributed by atoms with E-state index < -0.39 is 23.8 Å². The number of carbonyl (C=O) groups is 3. The molecule has 1 aromatic heterocycles. The molecule has 2 aromatic carbocycles. The number of nitrogens with zero attached hydrogens (tertiary/aromatic N) is 3. The Morgan fingerprint density at radius 2 is 1.77 bits per heavy atom. The SMILES string of the molecule is CC(C(=O)Nc1ccc2c(c1)nc1n2CCCCC1)N1C(=O)c2ccccc2C1=O. The van der Waals surface area contributed by atoms with Crippen LogP contribution in [0, 0.1) is 0 Å². The van der Waals surface area contributed by atoms with Crippen LogP contribution < -0.4 is 5.32 Å². The summed E-state index contributed by atoms with van der Waals surface area (Å²) in [7, 11) is 0. The highest BCUT2D eigenvalue weighted by Crippen LogP contribution is 2.27. The van der Waals surface area contributed by atoms with Crippen molar-refractivity contribution in [2.24, 2.45) is 0 Å². The largest absolute Gasteiger partial charge is 0.328 e. The van der Waals surface area contributed by atoms with Crippen LogP contribution in [0.1, 0.15) is 52.7 Å². The molecule has 0 aliphatic carbocycles. The summed E-state index contributed by atoms with van der Waals surface area (Å²) in [6.45, 7) is 2.53. The zero-order valence-electron chi connectivity index (χ0n) is 16.7. The van der Waals surface area contributed by atoms with Crippen molar-refractivity contribution in [1.82, 2.24) is 14.5 Å². The number of nitrogens with one attached hydrogen (secondary N) is 1. The molecule has 30 heavy (non-hydrogen) atoms. The van der Waals surface area contributed by atoms with E-state index in [0.29, 0.717) is 16.8 Å². The zero-order chi connectivity index (χ0) is 20.8. The summed E-state index contributed by atoms with van der Waals surface area (Å²) in [6, 6.07) is 11.4. The first-order valence-electron chi connectivity index (χ1n) is 10.3. The third-order valence-corrected chi connectivity index (χ3v) is 5.97. The van der Waals surface area contributed by atoms with Crippen LogP contribution in [-0.2, 0) is 17.8 Å². The van der Waals surface area contributed by atoms with Crippen LogP contribution in [0.25, 0.3) is 11.0 Å². The minimum Gasteiger partial charge on any atom is -0.328 e. The van der Waals surface area contributed by atoms with E-state index in [2.05, 4.69) is 9.88 Å². The van der Waals surface area contributed by atoms with Crippen LogP contribution in [0.5, 0.6) is 0 Å². The first kappa shape index (κ1) is 18.5. The second kappa shape index (κ2) is 7.09. The van der Waals surface area contributed by atoms with Gasteiger partial charge < -0.3 is 9.88 Å². The van der Waals surface area contributed by atoms with Gasteiger partial charge in [0.25, 0.3) is 11.8 Å². The van der Waals surface area contributed by atoms with E-state index in [4.69, 9.17) is 4.98 Å². The number of carbonyl (C=O) groups excluding carboxylic acids is 3. The number of aryl methyl sites for hydroxylation is 2. The van der Waals surface area contributed by atoms with Gasteiger partial charge in [-0.05, 0) is 50.1 Å². The Balaban J connectivity index is 1.37. The maximum absolute atomic E-state index is 12.8. The highest BCUT2D eigenvalue weighted by molar-refractivity contribution is 6.23. The second-order valence-corrected chi connectivity index (χ2v) is 7.88. The predicted octanol–water partition coefficient (Wildman–Crippen LogP) is 3.39. The summed E-state index contributed by atoms with van der Waals surface area (Å²) in [5.41, 5.74) is 3.19. The molecule has 7 nitrogen and oxygen atoms in total. The molecule has 0 spiro atoms. The molecule has 1 unspecified atom stereocenters. The summed E-state index contributed by atoms with van der Waals surface area (Å²) >= 11 is 0. The minimum atomic E-state index is -0.924. The summed E-state index contributed by atoms with van der Waals surface area (Å²) in [6.07, 6.45) is 4.47. The van der Waals surface area contributed by atoms with Crippen molar-refractivity contribution in [2.45, 2.75) is 45.2 Å². The van der Waals surface area contributed by atoms with Crippen LogP contribution in [0.2, 0.25) is 0 Å². The Labute approximate surface area is 173 Å². The lowest BCUT2D eigenvalue weighted by atomic mass is 10.1. The molecule has 0 bridgehead atoms. The third-order valence-electron chi connectivity index (χ3n) is 5.97. The highest BCUT2D eigenvalue weighted by Gasteiger charge is 2.40. The summed E-state index contributed by atoms with van der Waals surface area (Å²) < 4.78 is 2.26. The van der Waals surface area contributed by atoms with Crippen molar-refractivity contribution in [2.75, 3.05) is 5.32 Å². The Kier molecular flexibility index (Phi) is 4.38. The van der Waals surface area contributed by atoms with Gasteiger partial charge in [0.2, 0.25) is 5.91 Å². The average Bonchev–Trinajstić information content (AvgIpc) is 3.09. The fourth-order valence-corrected chi connectivity index (χ4v) is 4.35. The molecule has 1 N–H and O–H groups in total.